The summed E-state index contributed by atoms with van der Waals surface area (Å²) in [7, 11) is -3.51. The average molecular weight is 259 g/mol. The van der Waals surface area contributed by atoms with Gasteiger partial charge in [-0.2, -0.15) is 0 Å². The zero-order valence-electron chi connectivity index (χ0n) is 9.93. The van der Waals surface area contributed by atoms with Crippen molar-refractivity contribution < 1.29 is 17.9 Å². The predicted molar refractivity (Wildman–Crippen MR) is 61.9 cm³/mol. The highest BCUT2D eigenvalue weighted by molar-refractivity contribution is 7.89. The molecular formula is C11H17NO4S. The molecule has 1 aromatic heterocycles. The molecule has 2 N–H and O–H groups in total. The minimum absolute atomic E-state index is 0.0527. The van der Waals surface area contributed by atoms with Crippen LogP contribution < -0.4 is 4.72 Å². The Kier molecular flexibility index (Phi) is 3.29. The molecule has 0 saturated heterocycles. The van der Waals surface area contributed by atoms with Crippen LogP contribution >= 0.6 is 0 Å². The van der Waals surface area contributed by atoms with Crippen molar-refractivity contribution in [2.75, 3.05) is 0 Å². The molecule has 0 radical (unpaired) electrons. The molecule has 1 saturated carbocycles. The minimum Gasteiger partial charge on any atom is -0.462 e. The SMILES string of the molecule is CCC1CC1NS(=O)(=O)c1cc(CO)oc1C. The minimum atomic E-state index is -3.51. The molecule has 2 unspecified atom stereocenters. The highest BCUT2D eigenvalue weighted by Crippen LogP contribution is 2.34. The van der Waals surface area contributed by atoms with Crippen molar-refractivity contribution in [1.29, 1.82) is 0 Å². The molecule has 0 amide bonds. The summed E-state index contributed by atoms with van der Waals surface area (Å²) in [5.74, 6) is 1.04. The highest BCUT2D eigenvalue weighted by Gasteiger charge is 2.39. The Morgan fingerprint density at radius 1 is 1.59 bits per heavy atom. The van der Waals surface area contributed by atoms with Crippen LogP contribution in [-0.4, -0.2) is 19.6 Å². The maximum atomic E-state index is 12.0. The van der Waals surface area contributed by atoms with Crippen LogP contribution in [0.3, 0.4) is 0 Å². The van der Waals surface area contributed by atoms with E-state index >= 15 is 0 Å². The zero-order chi connectivity index (χ0) is 12.6. The molecule has 0 aromatic carbocycles. The maximum Gasteiger partial charge on any atom is 0.244 e. The number of rotatable bonds is 5. The van der Waals surface area contributed by atoms with Gasteiger partial charge in [-0.3, -0.25) is 0 Å². The number of aliphatic hydroxyl groups excluding tert-OH is 1. The van der Waals surface area contributed by atoms with E-state index in [0.29, 0.717) is 11.7 Å². The van der Waals surface area contributed by atoms with Gasteiger partial charge in [-0.15, -0.1) is 0 Å². The molecule has 1 heterocycles. The van der Waals surface area contributed by atoms with Gasteiger partial charge in [-0.1, -0.05) is 13.3 Å². The van der Waals surface area contributed by atoms with Gasteiger partial charge in [0, 0.05) is 12.1 Å². The molecule has 1 aliphatic carbocycles. The zero-order valence-corrected chi connectivity index (χ0v) is 10.8. The van der Waals surface area contributed by atoms with Crippen molar-refractivity contribution in [3.8, 4) is 0 Å². The molecule has 2 atom stereocenters. The van der Waals surface area contributed by atoms with Crippen LogP contribution in [0.2, 0.25) is 0 Å². The molecule has 0 bridgehead atoms. The van der Waals surface area contributed by atoms with Gasteiger partial charge in [0.1, 0.15) is 23.0 Å². The van der Waals surface area contributed by atoms with E-state index in [1.165, 1.54) is 6.07 Å². The summed E-state index contributed by atoms with van der Waals surface area (Å²) in [6.45, 7) is 3.33. The van der Waals surface area contributed by atoms with Crippen LogP contribution in [0.4, 0.5) is 0 Å². The number of nitrogens with one attached hydrogen (secondary N) is 1. The molecule has 96 valence electrons. The second kappa shape index (κ2) is 4.44. The third-order valence-electron chi connectivity index (χ3n) is 3.12. The summed E-state index contributed by atoms with van der Waals surface area (Å²) in [4.78, 5) is 0.128. The summed E-state index contributed by atoms with van der Waals surface area (Å²) >= 11 is 0. The van der Waals surface area contributed by atoms with Crippen LogP contribution in [0, 0.1) is 12.8 Å². The molecular weight excluding hydrogens is 242 g/mol. The van der Waals surface area contributed by atoms with Crippen LogP contribution in [-0.2, 0) is 16.6 Å². The summed E-state index contributed by atoms with van der Waals surface area (Å²) in [5.41, 5.74) is 0. The second-order valence-electron chi connectivity index (χ2n) is 4.42. The molecule has 1 aliphatic rings. The van der Waals surface area contributed by atoms with Gasteiger partial charge in [-0.25, -0.2) is 13.1 Å². The number of hydrogen-bond donors (Lipinski definition) is 2. The van der Waals surface area contributed by atoms with Crippen molar-refractivity contribution in [3.63, 3.8) is 0 Å². The van der Waals surface area contributed by atoms with E-state index in [1.54, 1.807) is 6.92 Å². The van der Waals surface area contributed by atoms with E-state index < -0.39 is 10.0 Å². The second-order valence-corrected chi connectivity index (χ2v) is 6.11. The summed E-state index contributed by atoms with van der Waals surface area (Å²) in [6.07, 6.45) is 1.89. The Balaban J connectivity index is 2.17. The van der Waals surface area contributed by atoms with Gasteiger partial charge in [0.2, 0.25) is 10.0 Å². The van der Waals surface area contributed by atoms with E-state index in [2.05, 4.69) is 4.72 Å². The largest absolute Gasteiger partial charge is 0.462 e. The molecule has 1 aromatic rings. The van der Waals surface area contributed by atoms with Crippen molar-refractivity contribution in [3.05, 3.63) is 17.6 Å². The first kappa shape index (κ1) is 12.6. The lowest BCUT2D eigenvalue weighted by Crippen LogP contribution is -2.27. The summed E-state index contributed by atoms with van der Waals surface area (Å²) < 4.78 is 31.9. The van der Waals surface area contributed by atoms with E-state index in [9.17, 15) is 8.42 Å². The predicted octanol–water partition coefficient (Wildman–Crippen LogP) is 1.16. The maximum absolute atomic E-state index is 12.0. The number of aryl methyl sites for hydroxylation is 1. The Morgan fingerprint density at radius 2 is 2.29 bits per heavy atom. The third kappa shape index (κ3) is 2.53. The van der Waals surface area contributed by atoms with Gasteiger partial charge in [-0.05, 0) is 19.3 Å². The molecule has 1 fully saturated rings. The van der Waals surface area contributed by atoms with Crippen molar-refractivity contribution in [2.45, 2.75) is 44.2 Å². The topological polar surface area (TPSA) is 79.5 Å². The molecule has 17 heavy (non-hydrogen) atoms. The Hall–Kier alpha value is -0.850. The number of aliphatic hydroxyl groups is 1. The standard InChI is InChI=1S/C11H17NO4S/c1-3-8-4-10(8)12-17(14,15)11-5-9(6-13)16-7(11)2/h5,8,10,12-13H,3-4,6H2,1-2H3. The fourth-order valence-electron chi connectivity index (χ4n) is 1.97. The average Bonchev–Trinajstić information content (AvgIpc) is 2.88. The van der Waals surface area contributed by atoms with Crippen LogP contribution in [0.25, 0.3) is 0 Å². The van der Waals surface area contributed by atoms with E-state index in [-0.39, 0.29) is 23.3 Å². The summed E-state index contributed by atoms with van der Waals surface area (Å²) in [5, 5.41) is 8.91. The van der Waals surface area contributed by atoms with E-state index in [1.807, 2.05) is 6.92 Å². The van der Waals surface area contributed by atoms with Gasteiger partial charge in [0.25, 0.3) is 0 Å². The lowest BCUT2D eigenvalue weighted by Gasteiger charge is -2.04. The smallest absolute Gasteiger partial charge is 0.244 e. The van der Waals surface area contributed by atoms with Gasteiger partial charge in [0.15, 0.2) is 0 Å². The first-order valence-electron chi connectivity index (χ1n) is 5.70. The van der Waals surface area contributed by atoms with Crippen molar-refractivity contribution >= 4 is 10.0 Å². The first-order valence-corrected chi connectivity index (χ1v) is 7.18. The lowest BCUT2D eigenvalue weighted by molar-refractivity contribution is 0.244. The number of furan rings is 1. The van der Waals surface area contributed by atoms with Crippen LogP contribution in [0.15, 0.2) is 15.4 Å². The molecule has 2 rings (SSSR count). The number of hydrogen-bond acceptors (Lipinski definition) is 4. The molecule has 0 aliphatic heterocycles. The van der Waals surface area contributed by atoms with Gasteiger partial charge >= 0.3 is 0 Å². The molecule has 0 spiro atoms. The summed E-state index contributed by atoms with van der Waals surface area (Å²) in [6, 6.07) is 1.43. The Labute approximate surface area is 101 Å². The van der Waals surface area contributed by atoms with E-state index in [4.69, 9.17) is 9.52 Å². The molecule has 5 nitrogen and oxygen atoms in total. The van der Waals surface area contributed by atoms with Gasteiger partial charge in [0.05, 0.1) is 0 Å². The molecule has 6 heteroatoms. The van der Waals surface area contributed by atoms with Crippen LogP contribution in [0.1, 0.15) is 31.3 Å². The highest BCUT2D eigenvalue weighted by atomic mass is 32.2. The van der Waals surface area contributed by atoms with E-state index in [0.717, 1.165) is 12.8 Å². The van der Waals surface area contributed by atoms with Crippen molar-refractivity contribution in [2.24, 2.45) is 5.92 Å². The Morgan fingerprint density at radius 3 is 2.76 bits per heavy atom. The first-order chi connectivity index (χ1) is 7.97. The number of sulfonamides is 1. The van der Waals surface area contributed by atoms with Crippen LogP contribution in [0.5, 0.6) is 0 Å². The monoisotopic (exact) mass is 259 g/mol. The quantitative estimate of drug-likeness (QED) is 0.831. The normalized spacial score (nSPS) is 23.9. The fraction of sp³-hybridized carbons (Fsp3) is 0.636. The fourth-order valence-corrected chi connectivity index (χ4v) is 3.50. The third-order valence-corrected chi connectivity index (χ3v) is 4.72. The van der Waals surface area contributed by atoms with Crippen molar-refractivity contribution in [1.82, 2.24) is 4.72 Å². The van der Waals surface area contributed by atoms with Gasteiger partial charge < -0.3 is 9.52 Å². The Bertz CT molecular complexity index is 506. The lowest BCUT2D eigenvalue weighted by atomic mass is 10.3.